The van der Waals surface area contributed by atoms with Gasteiger partial charge in [0, 0.05) is 67.0 Å². The predicted molar refractivity (Wildman–Crippen MR) is 267 cm³/mol. The molecule has 22 heteroatoms. The first-order chi connectivity index (χ1) is 36.0. The number of rotatable bonds is 29. The molecule has 0 spiro atoms. The van der Waals surface area contributed by atoms with Crippen molar-refractivity contribution in [3.8, 4) is 28.0 Å². The number of carbonyl (C=O) groups is 6. The number of pyridine rings is 1. The fourth-order valence-corrected chi connectivity index (χ4v) is 10.1. The number of halogens is 1. The second kappa shape index (κ2) is 26.1. The van der Waals surface area contributed by atoms with Crippen LogP contribution in [0.1, 0.15) is 75.2 Å². The molecule has 1 aliphatic carbocycles. The van der Waals surface area contributed by atoms with Crippen LogP contribution in [0, 0.1) is 5.82 Å². The lowest BCUT2D eigenvalue weighted by molar-refractivity contribution is -0.136. The molecule has 4 aromatic rings. The number of amides is 6. The maximum Gasteiger partial charge on any atom is 0.266 e. The third-order valence-electron chi connectivity index (χ3n) is 12.6. The van der Waals surface area contributed by atoms with E-state index in [1.165, 1.54) is 18.3 Å². The molecular weight excluding hydrogens is 982 g/mol. The lowest BCUT2D eigenvalue weighted by atomic mass is 9.94. The predicted octanol–water partition coefficient (Wildman–Crippen LogP) is 3.37. The number of aromatic nitrogens is 1. The monoisotopic (exact) mass is 1040 g/mol. The molecule has 1 saturated heterocycles. The van der Waals surface area contributed by atoms with Crippen molar-refractivity contribution < 1.29 is 65.8 Å². The molecule has 0 bridgehead atoms. The Morgan fingerprint density at radius 3 is 2.15 bits per heavy atom. The summed E-state index contributed by atoms with van der Waals surface area (Å²) in [4.78, 5) is 80.3. The number of hydrogen-bond donors (Lipinski definition) is 4. The highest BCUT2D eigenvalue weighted by Gasteiger charge is 2.46. The van der Waals surface area contributed by atoms with Gasteiger partial charge in [0.1, 0.15) is 41.0 Å². The molecule has 3 aromatic carbocycles. The molecule has 5 N–H and O–H groups in total. The molecule has 74 heavy (non-hydrogen) atoms. The fraction of sp³-hybridized carbons (Fsp3) is 0.442. The van der Waals surface area contributed by atoms with Crippen LogP contribution in [0.4, 0.5) is 10.2 Å². The number of fused-ring (bicyclic) bond motifs is 2. The van der Waals surface area contributed by atoms with Gasteiger partial charge in [0.05, 0.1) is 82.1 Å². The van der Waals surface area contributed by atoms with Crippen molar-refractivity contribution in [2.24, 2.45) is 0 Å². The highest BCUT2D eigenvalue weighted by Crippen LogP contribution is 2.36. The smallest absolute Gasteiger partial charge is 0.266 e. The number of carbonyl (C=O) groups excluding carboxylic acids is 6. The van der Waals surface area contributed by atoms with Gasteiger partial charge in [-0.15, -0.1) is 0 Å². The van der Waals surface area contributed by atoms with Crippen molar-refractivity contribution in [1.29, 1.82) is 0 Å². The van der Waals surface area contributed by atoms with E-state index in [1.54, 1.807) is 36.4 Å². The molecule has 394 valence electrons. The third-order valence-corrected chi connectivity index (χ3v) is 14.2. The first kappa shape index (κ1) is 53.8. The zero-order valence-electron chi connectivity index (χ0n) is 40.9. The van der Waals surface area contributed by atoms with E-state index in [0.717, 1.165) is 28.9 Å². The lowest BCUT2D eigenvalue weighted by Gasteiger charge is -2.27. The van der Waals surface area contributed by atoms with Crippen molar-refractivity contribution in [2.75, 3.05) is 98.0 Å². The molecular formula is C52H60FN7O13S. The minimum absolute atomic E-state index is 0.0329. The van der Waals surface area contributed by atoms with Crippen LogP contribution in [0.25, 0.3) is 22.3 Å². The van der Waals surface area contributed by atoms with Gasteiger partial charge < -0.3 is 44.8 Å². The third kappa shape index (κ3) is 13.8. The minimum atomic E-state index is -1.61. The van der Waals surface area contributed by atoms with Crippen LogP contribution in [-0.4, -0.2) is 158 Å². The summed E-state index contributed by atoms with van der Waals surface area (Å²) in [5.74, 6) is -2.70. The van der Waals surface area contributed by atoms with Crippen LogP contribution in [-0.2, 0) is 55.5 Å². The zero-order chi connectivity index (χ0) is 52.0. The average Bonchev–Trinajstić information content (AvgIpc) is 4.21. The Labute approximate surface area is 429 Å². The van der Waals surface area contributed by atoms with Gasteiger partial charge in [0.15, 0.2) is 0 Å². The Morgan fingerprint density at radius 1 is 0.770 bits per heavy atom. The van der Waals surface area contributed by atoms with E-state index in [4.69, 9.17) is 34.2 Å². The first-order valence-corrected chi connectivity index (χ1v) is 25.9. The van der Waals surface area contributed by atoms with Crippen LogP contribution >= 0.6 is 0 Å². The number of piperidine rings is 1. The second-order valence-corrected chi connectivity index (χ2v) is 19.2. The Morgan fingerprint density at radius 2 is 1.46 bits per heavy atom. The van der Waals surface area contributed by atoms with E-state index in [2.05, 4.69) is 20.9 Å². The van der Waals surface area contributed by atoms with Gasteiger partial charge in [-0.1, -0.05) is 24.3 Å². The Kier molecular flexibility index (Phi) is 19.0. The summed E-state index contributed by atoms with van der Waals surface area (Å²) in [5.41, 5.74) is 10.2. The molecule has 3 aliphatic heterocycles. The zero-order valence-corrected chi connectivity index (χ0v) is 41.7. The molecule has 0 radical (unpaired) electrons. The van der Waals surface area contributed by atoms with Crippen molar-refractivity contribution >= 4 is 52.2 Å². The van der Waals surface area contributed by atoms with E-state index in [0.29, 0.717) is 112 Å². The molecule has 4 heterocycles. The van der Waals surface area contributed by atoms with E-state index in [1.807, 2.05) is 16.4 Å². The first-order valence-electron chi connectivity index (χ1n) is 24.8. The maximum absolute atomic E-state index is 15.7. The van der Waals surface area contributed by atoms with Gasteiger partial charge in [-0.3, -0.25) is 39.0 Å². The largest absolute Gasteiger partial charge is 0.490 e. The number of ether oxygens (including phenoxy) is 6. The summed E-state index contributed by atoms with van der Waals surface area (Å²) >= 11 is 0. The number of nitrogen functional groups attached to an aromatic ring is 1. The second-order valence-electron chi connectivity index (χ2n) is 17.8. The molecule has 2 fully saturated rings. The molecule has 20 nitrogen and oxygen atoms in total. The molecule has 1 saturated carbocycles. The number of nitrogens with zero attached hydrogens (tertiary/aromatic N) is 3. The van der Waals surface area contributed by atoms with Crippen LogP contribution < -0.4 is 26.4 Å². The highest BCUT2D eigenvalue weighted by molar-refractivity contribution is 7.82. The SMILES string of the molecule is Nc1ncc(-c2ccc(S(=O)N(CCCNC(=O)CCOCCOCCOCCOCCOCCOc3cccc4c3C(=O)N(C3CCC(=O)NC3=O)C4=O)C3CC3)cc2F)cc1-c1ccc2c(c1)CCNC2=O. The highest BCUT2D eigenvalue weighted by atomic mass is 32.2. The number of hydrogen-bond acceptors (Lipinski definition) is 15. The quantitative estimate of drug-likeness (QED) is 0.0449. The summed E-state index contributed by atoms with van der Waals surface area (Å²) in [6.07, 6.45) is 4.82. The van der Waals surface area contributed by atoms with Crippen molar-refractivity contribution in [3.63, 3.8) is 0 Å². The van der Waals surface area contributed by atoms with Gasteiger partial charge >= 0.3 is 0 Å². The summed E-state index contributed by atoms with van der Waals surface area (Å²) in [6, 6.07) is 15.6. The Bertz CT molecular complexity index is 2740. The summed E-state index contributed by atoms with van der Waals surface area (Å²) < 4.78 is 64.7. The normalized spacial score (nSPS) is 16.8. The fourth-order valence-electron chi connectivity index (χ4n) is 8.70. The van der Waals surface area contributed by atoms with Gasteiger partial charge in [0.2, 0.25) is 17.7 Å². The van der Waals surface area contributed by atoms with Crippen LogP contribution in [0.2, 0.25) is 0 Å². The average molecular weight is 1040 g/mol. The number of nitrogens with one attached hydrogen (secondary N) is 3. The molecule has 4 aliphatic rings. The van der Waals surface area contributed by atoms with Gasteiger partial charge in [0.25, 0.3) is 17.7 Å². The molecule has 1 aromatic heterocycles. The lowest BCUT2D eigenvalue weighted by Crippen LogP contribution is -2.54. The van der Waals surface area contributed by atoms with E-state index in [9.17, 15) is 33.0 Å². The maximum atomic E-state index is 15.7. The summed E-state index contributed by atoms with van der Waals surface area (Å²) in [5, 5.41) is 7.90. The standard InChI is InChI=1S/C52H60FN7O13S/c53-42-31-37(8-10-38(42)35-30-41(48(54)57-32-35)33-5-9-39-34(29-33)13-16-56-49(39)63)74(67)59(36-6-7-36)17-2-15-55-45(61)14-18-68-19-20-69-21-22-70-23-24-71-25-26-72-27-28-73-44-4-1-3-40-47(44)52(66)60(51(40)65)43-11-12-46(62)58-50(43)64/h1,3-5,8-10,29-32,36,43H,2,6-7,11-28H2,(H2,54,57)(H,55,61)(H,56,63)(H,58,62,64). The van der Waals surface area contributed by atoms with E-state index < -0.39 is 46.5 Å². The topological polar surface area (TPSA) is 256 Å². The number of imide groups is 2. The van der Waals surface area contributed by atoms with Crippen LogP contribution in [0.15, 0.2) is 71.8 Å². The number of nitrogens with two attached hydrogens (primary N) is 1. The Balaban J connectivity index is 0.623. The molecule has 8 rings (SSSR count). The van der Waals surface area contributed by atoms with E-state index in [-0.39, 0.29) is 79.6 Å². The van der Waals surface area contributed by atoms with Crippen LogP contribution in [0.3, 0.4) is 0 Å². The van der Waals surface area contributed by atoms with Crippen molar-refractivity contribution in [2.45, 2.75) is 61.9 Å². The number of anilines is 1. The minimum Gasteiger partial charge on any atom is -0.490 e. The summed E-state index contributed by atoms with van der Waals surface area (Å²) in [7, 11) is -1.61. The van der Waals surface area contributed by atoms with Crippen molar-refractivity contribution in [3.05, 3.63) is 94.9 Å². The van der Waals surface area contributed by atoms with Gasteiger partial charge in [-0.05, 0) is 79.6 Å². The van der Waals surface area contributed by atoms with E-state index >= 15 is 4.39 Å². The molecule has 2 atom stereocenters. The number of benzene rings is 3. The van der Waals surface area contributed by atoms with Gasteiger partial charge in [-0.2, -0.15) is 0 Å². The van der Waals surface area contributed by atoms with Crippen molar-refractivity contribution in [1.82, 2.24) is 30.1 Å². The summed E-state index contributed by atoms with van der Waals surface area (Å²) in [6.45, 7) is 4.63. The molecule has 2 unspecified atom stereocenters. The Hall–Kier alpha value is -6.53. The van der Waals surface area contributed by atoms with Crippen LogP contribution in [0.5, 0.6) is 5.75 Å². The van der Waals surface area contributed by atoms with Gasteiger partial charge in [-0.25, -0.2) is 17.9 Å². The molecule has 6 amide bonds.